The lowest BCUT2D eigenvalue weighted by Gasteiger charge is -2.24. The second-order valence-corrected chi connectivity index (χ2v) is 8.14. The third-order valence-corrected chi connectivity index (χ3v) is 4.64. The van der Waals surface area contributed by atoms with Crippen molar-refractivity contribution < 1.29 is 9.90 Å². The molecule has 0 saturated carbocycles. The van der Waals surface area contributed by atoms with Gasteiger partial charge in [0.05, 0.1) is 0 Å². The van der Waals surface area contributed by atoms with Gasteiger partial charge in [-0.15, -0.1) is 0 Å². The number of carboxylic acid groups (broad SMARTS) is 1. The highest BCUT2D eigenvalue weighted by molar-refractivity contribution is 5.62. The SMILES string of the molecule is CC(=O)O.CCCCCC(C)(C)CCCNc1ncnc(NCc2ccccc2)n1. The van der Waals surface area contributed by atoms with Crippen molar-refractivity contribution in [2.24, 2.45) is 5.41 Å². The number of carbonyl (C=O) groups is 1. The molecule has 2 aromatic rings. The number of nitrogens with zero attached hydrogens (tertiary/aromatic N) is 3. The highest BCUT2D eigenvalue weighted by Gasteiger charge is 2.16. The van der Waals surface area contributed by atoms with Crippen LogP contribution in [0.25, 0.3) is 0 Å². The predicted molar refractivity (Wildman–Crippen MR) is 123 cm³/mol. The Labute approximate surface area is 180 Å². The van der Waals surface area contributed by atoms with Gasteiger partial charge < -0.3 is 15.7 Å². The topological polar surface area (TPSA) is 100 Å². The van der Waals surface area contributed by atoms with Crippen LogP contribution in [-0.2, 0) is 11.3 Å². The molecule has 0 aliphatic rings. The molecule has 0 spiro atoms. The molecule has 30 heavy (non-hydrogen) atoms. The minimum Gasteiger partial charge on any atom is -0.481 e. The first-order chi connectivity index (χ1) is 14.3. The van der Waals surface area contributed by atoms with Gasteiger partial charge in [0.15, 0.2) is 0 Å². The van der Waals surface area contributed by atoms with E-state index >= 15 is 0 Å². The average Bonchev–Trinajstić information content (AvgIpc) is 2.71. The molecular formula is C23H37N5O2. The van der Waals surface area contributed by atoms with Crippen LogP contribution in [0.15, 0.2) is 36.7 Å². The Balaban J connectivity index is 0.00000103. The Morgan fingerprint density at radius 3 is 2.23 bits per heavy atom. The van der Waals surface area contributed by atoms with Crippen molar-refractivity contribution in [1.29, 1.82) is 0 Å². The van der Waals surface area contributed by atoms with Crippen LogP contribution in [0.1, 0.15) is 71.8 Å². The van der Waals surface area contributed by atoms with Crippen molar-refractivity contribution in [3.63, 3.8) is 0 Å². The van der Waals surface area contributed by atoms with Gasteiger partial charge in [-0.3, -0.25) is 4.79 Å². The standard InChI is InChI=1S/C21H33N5.C2H4O2/c1-4-5-9-13-21(2,3)14-10-15-22-19-24-17-25-20(26-19)23-16-18-11-7-6-8-12-18;1-2(3)4/h6-8,11-12,17H,4-5,9-10,13-16H2,1-3H3,(H2,22,23,24,25,26);1H3,(H,3,4). The molecule has 1 aromatic heterocycles. The number of benzene rings is 1. The summed E-state index contributed by atoms with van der Waals surface area (Å²) in [6, 6.07) is 10.2. The number of carboxylic acids is 1. The van der Waals surface area contributed by atoms with Crippen molar-refractivity contribution in [1.82, 2.24) is 15.0 Å². The van der Waals surface area contributed by atoms with Crippen molar-refractivity contribution in [2.75, 3.05) is 17.2 Å². The molecule has 0 fully saturated rings. The number of aromatic nitrogens is 3. The Morgan fingerprint density at radius 2 is 1.60 bits per heavy atom. The number of hydrogen-bond acceptors (Lipinski definition) is 6. The summed E-state index contributed by atoms with van der Waals surface area (Å²) < 4.78 is 0. The van der Waals surface area contributed by atoms with Crippen LogP contribution in [0.2, 0.25) is 0 Å². The highest BCUT2D eigenvalue weighted by atomic mass is 16.4. The zero-order valence-corrected chi connectivity index (χ0v) is 18.8. The summed E-state index contributed by atoms with van der Waals surface area (Å²) in [5, 5.41) is 14.0. The molecule has 0 aliphatic heterocycles. The highest BCUT2D eigenvalue weighted by Crippen LogP contribution is 2.29. The molecule has 0 radical (unpaired) electrons. The van der Waals surface area contributed by atoms with E-state index in [-0.39, 0.29) is 0 Å². The second kappa shape index (κ2) is 14.3. The molecule has 0 bridgehead atoms. The van der Waals surface area contributed by atoms with E-state index in [1.165, 1.54) is 37.7 Å². The van der Waals surface area contributed by atoms with Gasteiger partial charge in [0.1, 0.15) is 6.33 Å². The average molecular weight is 416 g/mol. The van der Waals surface area contributed by atoms with Crippen LogP contribution in [0.4, 0.5) is 11.9 Å². The molecular weight excluding hydrogens is 378 g/mol. The monoisotopic (exact) mass is 415 g/mol. The number of unbranched alkanes of at least 4 members (excludes halogenated alkanes) is 2. The van der Waals surface area contributed by atoms with Gasteiger partial charge in [0, 0.05) is 20.0 Å². The van der Waals surface area contributed by atoms with E-state index in [9.17, 15) is 0 Å². The Bertz CT molecular complexity index is 719. The minimum atomic E-state index is -0.833. The number of anilines is 2. The Morgan fingerprint density at radius 1 is 1.00 bits per heavy atom. The van der Waals surface area contributed by atoms with Crippen LogP contribution in [0.5, 0.6) is 0 Å². The van der Waals surface area contributed by atoms with Gasteiger partial charge in [-0.2, -0.15) is 4.98 Å². The summed E-state index contributed by atoms with van der Waals surface area (Å²) in [7, 11) is 0. The number of aliphatic carboxylic acids is 1. The summed E-state index contributed by atoms with van der Waals surface area (Å²) in [6.45, 7) is 9.68. The molecule has 0 unspecified atom stereocenters. The van der Waals surface area contributed by atoms with Crippen molar-refractivity contribution in [3.05, 3.63) is 42.2 Å². The van der Waals surface area contributed by atoms with Crippen LogP contribution < -0.4 is 10.6 Å². The van der Waals surface area contributed by atoms with Gasteiger partial charge in [-0.05, 0) is 30.2 Å². The number of rotatable bonds is 12. The van der Waals surface area contributed by atoms with E-state index in [0.717, 1.165) is 19.9 Å². The maximum Gasteiger partial charge on any atom is 0.300 e. The van der Waals surface area contributed by atoms with Crippen LogP contribution in [0, 0.1) is 5.41 Å². The fourth-order valence-corrected chi connectivity index (χ4v) is 2.99. The van der Waals surface area contributed by atoms with E-state index in [2.05, 4.69) is 58.5 Å². The normalized spacial score (nSPS) is 10.7. The van der Waals surface area contributed by atoms with Crippen molar-refractivity contribution in [3.8, 4) is 0 Å². The van der Waals surface area contributed by atoms with Crippen molar-refractivity contribution in [2.45, 2.75) is 72.8 Å². The molecule has 3 N–H and O–H groups in total. The molecule has 1 aromatic carbocycles. The summed E-state index contributed by atoms with van der Waals surface area (Å²) in [6.07, 6.45) is 9.16. The molecule has 166 valence electrons. The Kier molecular flexibility index (Phi) is 12.1. The summed E-state index contributed by atoms with van der Waals surface area (Å²) >= 11 is 0. The fourth-order valence-electron chi connectivity index (χ4n) is 2.99. The predicted octanol–water partition coefficient (Wildman–Crippen LogP) is 5.37. The maximum absolute atomic E-state index is 9.00. The molecule has 7 heteroatoms. The summed E-state index contributed by atoms with van der Waals surface area (Å²) in [5.74, 6) is 0.408. The molecule has 1 heterocycles. The van der Waals surface area contributed by atoms with E-state index in [1.807, 2.05) is 18.2 Å². The molecule has 7 nitrogen and oxygen atoms in total. The van der Waals surface area contributed by atoms with Gasteiger partial charge in [0.25, 0.3) is 5.97 Å². The van der Waals surface area contributed by atoms with E-state index in [0.29, 0.717) is 23.9 Å². The van der Waals surface area contributed by atoms with Gasteiger partial charge >= 0.3 is 0 Å². The Hall–Kier alpha value is -2.70. The molecule has 2 rings (SSSR count). The first-order valence-corrected chi connectivity index (χ1v) is 10.7. The summed E-state index contributed by atoms with van der Waals surface area (Å²) in [5.41, 5.74) is 1.62. The second-order valence-electron chi connectivity index (χ2n) is 8.14. The zero-order valence-electron chi connectivity index (χ0n) is 18.8. The largest absolute Gasteiger partial charge is 0.481 e. The lowest BCUT2D eigenvalue weighted by atomic mass is 9.82. The smallest absolute Gasteiger partial charge is 0.300 e. The third kappa shape index (κ3) is 12.7. The van der Waals surface area contributed by atoms with Gasteiger partial charge in [0.2, 0.25) is 11.9 Å². The molecule has 0 amide bonds. The lowest BCUT2D eigenvalue weighted by molar-refractivity contribution is -0.134. The number of hydrogen-bond donors (Lipinski definition) is 3. The van der Waals surface area contributed by atoms with Crippen LogP contribution in [-0.4, -0.2) is 32.6 Å². The molecule has 0 saturated heterocycles. The fraction of sp³-hybridized carbons (Fsp3) is 0.565. The van der Waals surface area contributed by atoms with E-state index in [4.69, 9.17) is 9.90 Å². The quantitative estimate of drug-likeness (QED) is 0.400. The van der Waals surface area contributed by atoms with Crippen molar-refractivity contribution >= 4 is 17.9 Å². The van der Waals surface area contributed by atoms with Crippen LogP contribution in [0.3, 0.4) is 0 Å². The first kappa shape index (κ1) is 25.3. The van der Waals surface area contributed by atoms with Gasteiger partial charge in [-0.25, -0.2) is 9.97 Å². The minimum absolute atomic E-state index is 0.415. The zero-order chi connectivity index (χ0) is 22.2. The maximum atomic E-state index is 9.00. The van der Waals surface area contributed by atoms with E-state index < -0.39 is 5.97 Å². The lowest BCUT2D eigenvalue weighted by Crippen LogP contribution is -2.15. The van der Waals surface area contributed by atoms with E-state index in [1.54, 1.807) is 6.33 Å². The molecule has 0 atom stereocenters. The number of nitrogens with one attached hydrogen (secondary N) is 2. The third-order valence-electron chi connectivity index (χ3n) is 4.64. The molecule has 0 aliphatic carbocycles. The summed E-state index contributed by atoms with van der Waals surface area (Å²) in [4.78, 5) is 21.8. The van der Waals surface area contributed by atoms with Gasteiger partial charge in [-0.1, -0.05) is 70.4 Å². The first-order valence-electron chi connectivity index (χ1n) is 10.7. The van der Waals surface area contributed by atoms with Crippen LogP contribution >= 0.6 is 0 Å².